The maximum atomic E-state index is 16.0. The van der Waals surface area contributed by atoms with Crippen molar-refractivity contribution in [3.05, 3.63) is 101 Å². The van der Waals surface area contributed by atoms with Gasteiger partial charge in [-0.2, -0.15) is 0 Å². The van der Waals surface area contributed by atoms with Gasteiger partial charge in [0.15, 0.2) is 0 Å². The first-order valence-electron chi connectivity index (χ1n) is 17.6. The summed E-state index contributed by atoms with van der Waals surface area (Å²) in [7, 11) is 0. The summed E-state index contributed by atoms with van der Waals surface area (Å²) < 4.78 is 16.0. The van der Waals surface area contributed by atoms with E-state index in [0.717, 1.165) is 58.5 Å². The second-order valence-electron chi connectivity index (χ2n) is 12.8. The number of thiol groups is 1. The monoisotopic (exact) mass is 729 g/mol. The first-order chi connectivity index (χ1) is 24.8. The number of amides is 2. The highest BCUT2D eigenvalue weighted by Crippen LogP contribution is 2.39. The Morgan fingerprint density at radius 1 is 1.00 bits per heavy atom. The predicted molar refractivity (Wildman–Crippen MR) is 206 cm³/mol. The molecule has 0 radical (unpaired) electrons. The van der Waals surface area contributed by atoms with Crippen molar-refractivity contribution in [1.29, 1.82) is 0 Å². The Kier molecular flexibility index (Phi) is 14.3. The van der Waals surface area contributed by atoms with E-state index in [1.165, 1.54) is 23.4 Å². The minimum atomic E-state index is -0.557. The summed E-state index contributed by atoms with van der Waals surface area (Å²) in [5.41, 5.74) is 23.8. The van der Waals surface area contributed by atoms with Crippen molar-refractivity contribution in [2.24, 2.45) is 23.1 Å². The van der Waals surface area contributed by atoms with Crippen LogP contribution in [-0.4, -0.2) is 40.9 Å². The number of hydrogen-bond acceptors (Lipinski definition) is 8. The van der Waals surface area contributed by atoms with Crippen LogP contribution in [0.4, 0.5) is 4.39 Å². The van der Waals surface area contributed by atoms with Crippen molar-refractivity contribution in [2.45, 2.75) is 85.3 Å². The molecule has 0 saturated carbocycles. The zero-order valence-electron chi connectivity index (χ0n) is 28.8. The van der Waals surface area contributed by atoms with Crippen molar-refractivity contribution >= 4 is 42.3 Å². The van der Waals surface area contributed by atoms with Gasteiger partial charge in [-0.25, -0.2) is 9.37 Å². The number of carbonyl (C=O) groups is 2. The minimum Gasteiger partial charge on any atom is -0.368 e. The van der Waals surface area contributed by atoms with E-state index in [9.17, 15) is 9.59 Å². The lowest BCUT2D eigenvalue weighted by atomic mass is 9.90. The van der Waals surface area contributed by atoms with Crippen LogP contribution in [0, 0.1) is 11.7 Å². The molecule has 1 aliphatic carbocycles. The highest BCUT2D eigenvalue weighted by molar-refractivity contribution is 7.99. The number of hydrogen-bond donors (Lipinski definition) is 7. The van der Waals surface area contributed by atoms with E-state index < -0.39 is 17.8 Å². The van der Waals surface area contributed by atoms with Gasteiger partial charge in [0, 0.05) is 42.0 Å². The Morgan fingerprint density at radius 3 is 2.57 bits per heavy atom. The Morgan fingerprint density at radius 2 is 1.80 bits per heavy atom. The van der Waals surface area contributed by atoms with E-state index in [1.54, 1.807) is 18.3 Å². The van der Waals surface area contributed by atoms with Crippen LogP contribution in [0.5, 0.6) is 0 Å². The molecule has 2 aromatic carbocycles. The molecule has 0 bridgehead atoms. The number of aromatic nitrogens is 2. The number of allylic oxidation sites excluding steroid dienone is 1. The van der Waals surface area contributed by atoms with Gasteiger partial charge in [0.2, 0.25) is 11.8 Å². The van der Waals surface area contributed by atoms with Crippen LogP contribution in [-0.2, 0) is 35.5 Å². The summed E-state index contributed by atoms with van der Waals surface area (Å²) in [5, 5.41) is 7.00. The number of nitrogens with zero attached hydrogens (tertiary/aromatic N) is 1. The van der Waals surface area contributed by atoms with Gasteiger partial charge in [0.05, 0.1) is 10.9 Å². The highest BCUT2D eigenvalue weighted by Gasteiger charge is 2.25. The Bertz CT molecular complexity index is 1810. The smallest absolute Gasteiger partial charge is 0.234 e. The summed E-state index contributed by atoms with van der Waals surface area (Å²) in [6.07, 6.45) is 14.0. The van der Waals surface area contributed by atoms with Crippen LogP contribution in [0.3, 0.4) is 0 Å². The lowest BCUT2D eigenvalue weighted by molar-refractivity contribution is -0.125. The average Bonchev–Trinajstić information content (AvgIpc) is 3.54. The van der Waals surface area contributed by atoms with Crippen molar-refractivity contribution in [3.63, 3.8) is 0 Å². The van der Waals surface area contributed by atoms with Gasteiger partial charge in [0.1, 0.15) is 10.8 Å². The van der Waals surface area contributed by atoms with Gasteiger partial charge >= 0.3 is 0 Å². The van der Waals surface area contributed by atoms with E-state index in [4.69, 9.17) is 17.2 Å². The van der Waals surface area contributed by atoms with Crippen molar-refractivity contribution in [1.82, 2.24) is 20.6 Å². The van der Waals surface area contributed by atoms with E-state index in [1.807, 2.05) is 36.5 Å². The largest absolute Gasteiger partial charge is 0.368 e. The molecule has 12 heteroatoms. The lowest BCUT2D eigenvalue weighted by Crippen LogP contribution is -2.41. The Labute approximate surface area is 309 Å². The third-order valence-electron chi connectivity index (χ3n) is 9.26. The SMILES string of the molecule is NCCCCC(Cc1c[nH]c2c1CCC=C2)C(=O)NCc1c(-c2ccc(S)cc2)ccc(F)c1Sc1ncccc1CNC(CCCN)C(N)=O. The molecule has 5 rings (SSSR count). The van der Waals surface area contributed by atoms with Gasteiger partial charge in [0.25, 0.3) is 0 Å². The van der Waals surface area contributed by atoms with Gasteiger partial charge in [-0.1, -0.05) is 48.5 Å². The molecule has 4 aromatic rings. The molecule has 0 fully saturated rings. The van der Waals surface area contributed by atoms with Crippen LogP contribution in [0.15, 0.2) is 81.8 Å². The molecule has 2 atom stereocenters. The van der Waals surface area contributed by atoms with Crippen molar-refractivity contribution < 1.29 is 14.0 Å². The van der Waals surface area contributed by atoms with Crippen LogP contribution in [0.2, 0.25) is 0 Å². The molecule has 0 spiro atoms. The lowest BCUT2D eigenvalue weighted by Gasteiger charge is -2.21. The summed E-state index contributed by atoms with van der Waals surface area (Å²) >= 11 is 5.66. The van der Waals surface area contributed by atoms with Crippen LogP contribution >= 0.6 is 24.4 Å². The number of nitrogens with one attached hydrogen (secondary N) is 3. The van der Waals surface area contributed by atoms with E-state index in [0.29, 0.717) is 60.8 Å². The predicted octanol–water partition coefficient (Wildman–Crippen LogP) is 5.90. The molecular formula is C39H48FN7O2S2. The number of nitrogens with two attached hydrogens (primary N) is 3. The fourth-order valence-corrected chi connectivity index (χ4v) is 7.66. The van der Waals surface area contributed by atoms with Crippen molar-refractivity contribution in [3.8, 4) is 11.1 Å². The summed E-state index contributed by atoms with van der Waals surface area (Å²) in [4.78, 5) is 35.3. The van der Waals surface area contributed by atoms with E-state index in [2.05, 4.69) is 45.4 Å². The topological polar surface area (TPSA) is 165 Å². The second kappa shape index (κ2) is 19.1. The maximum absolute atomic E-state index is 16.0. The number of benzene rings is 2. The molecule has 2 unspecified atom stereocenters. The van der Waals surface area contributed by atoms with Crippen molar-refractivity contribution in [2.75, 3.05) is 13.1 Å². The molecule has 0 aliphatic heterocycles. The first kappa shape index (κ1) is 38.3. The number of aromatic amines is 1. The molecule has 9 N–H and O–H groups in total. The summed E-state index contributed by atoms with van der Waals surface area (Å²) in [6, 6.07) is 14.0. The van der Waals surface area contributed by atoms with Gasteiger partial charge in [-0.3, -0.25) is 9.59 Å². The molecule has 1 aliphatic rings. The average molecular weight is 730 g/mol. The van der Waals surface area contributed by atoms with E-state index >= 15 is 4.39 Å². The number of primary amides is 1. The standard InChI is InChI=1S/C39H48FN7O2S2/c40-33-17-16-30(25-12-14-29(50)15-13-25)32(36(33)51-39-27(8-6-20-44-39)22-46-35(37(43)48)11-5-19-42)24-47-38(49)26(7-3-4-18-41)21-28-23-45-34-10-2-1-9-31(28)34/h2,6,8,10,12-17,20,23,26,35,45-46,50H,1,3-5,7,9,11,18-19,21-22,24,41-42H2,(H2,43,48)(H,47,49). The number of halogens is 1. The molecular weight excluding hydrogens is 682 g/mol. The zero-order valence-corrected chi connectivity index (χ0v) is 30.5. The number of carbonyl (C=O) groups excluding carboxylic acids is 2. The third kappa shape index (κ3) is 10.3. The molecule has 9 nitrogen and oxygen atoms in total. The normalized spacial score (nSPS) is 13.5. The first-order valence-corrected chi connectivity index (χ1v) is 18.8. The fourth-order valence-electron chi connectivity index (χ4n) is 6.46. The van der Waals surface area contributed by atoms with Gasteiger partial charge < -0.3 is 32.8 Å². The number of fused-ring (bicyclic) bond motifs is 1. The summed E-state index contributed by atoms with van der Waals surface area (Å²) in [6.45, 7) is 1.43. The Balaban J connectivity index is 1.44. The Hall–Kier alpha value is -3.94. The zero-order chi connectivity index (χ0) is 36.2. The third-order valence-corrected chi connectivity index (χ3v) is 10.8. The molecule has 270 valence electrons. The number of rotatable bonds is 19. The number of pyridine rings is 1. The highest BCUT2D eigenvalue weighted by atomic mass is 32.2. The van der Waals surface area contributed by atoms with Gasteiger partial charge in [-0.15, -0.1) is 12.6 Å². The number of unbranched alkanes of at least 4 members (excludes halogenated alkanes) is 1. The summed E-state index contributed by atoms with van der Waals surface area (Å²) in [5.74, 6) is -1.24. The van der Waals surface area contributed by atoms with Crippen LogP contribution in [0.25, 0.3) is 17.2 Å². The quantitative estimate of drug-likeness (QED) is 0.0467. The fraction of sp³-hybridized carbons (Fsp3) is 0.359. The molecule has 2 heterocycles. The van der Waals surface area contributed by atoms with Crippen LogP contribution in [0.1, 0.15) is 66.5 Å². The molecule has 0 saturated heterocycles. The molecule has 51 heavy (non-hydrogen) atoms. The minimum absolute atomic E-state index is 0.0807. The van der Waals surface area contributed by atoms with Gasteiger partial charge in [-0.05, 0) is 122 Å². The van der Waals surface area contributed by atoms with E-state index in [-0.39, 0.29) is 18.4 Å². The number of H-pyrrole nitrogens is 1. The van der Waals surface area contributed by atoms with Crippen LogP contribution < -0.4 is 27.8 Å². The second-order valence-corrected chi connectivity index (χ2v) is 14.4. The molecule has 2 aromatic heterocycles. The maximum Gasteiger partial charge on any atom is 0.234 e. The molecule has 2 amide bonds.